The summed E-state index contributed by atoms with van der Waals surface area (Å²) < 4.78 is 3.52. The van der Waals surface area contributed by atoms with Gasteiger partial charge < -0.3 is 5.32 Å². The fraction of sp³-hybridized carbons (Fsp3) is 0.267. The number of fused-ring (bicyclic) bond motifs is 1. The van der Waals surface area contributed by atoms with Crippen LogP contribution in [-0.4, -0.2) is 32.5 Å². The Labute approximate surface area is 130 Å². The van der Waals surface area contributed by atoms with Crippen molar-refractivity contribution in [3.8, 4) is 11.5 Å². The summed E-state index contributed by atoms with van der Waals surface area (Å²) in [6.45, 7) is 6.64. The molecule has 0 radical (unpaired) electrons. The number of hydrogen-bond acceptors (Lipinski definition) is 4. The summed E-state index contributed by atoms with van der Waals surface area (Å²) in [5.41, 5.74) is 6.70. The van der Waals surface area contributed by atoms with Gasteiger partial charge in [0, 0.05) is 13.2 Å². The Morgan fingerprint density at radius 3 is 2.68 bits per heavy atom. The smallest absolute Gasteiger partial charge is 0.178 e. The highest BCUT2D eigenvalue weighted by atomic mass is 28.3. The normalized spacial score (nSPS) is 11.3. The molecule has 0 atom stereocenters. The molecule has 0 aliphatic heterocycles. The van der Waals surface area contributed by atoms with E-state index in [1.165, 1.54) is 0 Å². The van der Waals surface area contributed by atoms with Crippen molar-refractivity contribution in [2.24, 2.45) is 7.05 Å². The van der Waals surface area contributed by atoms with E-state index < -0.39 is 8.07 Å². The Kier molecular flexibility index (Phi) is 3.46. The average molecular weight is 310 g/mol. The van der Waals surface area contributed by atoms with E-state index in [9.17, 15) is 0 Å². The van der Waals surface area contributed by atoms with Gasteiger partial charge in [0.15, 0.2) is 5.65 Å². The molecule has 3 aromatic rings. The molecule has 1 N–H and O–H groups in total. The Balaban J connectivity index is 1.99. The Morgan fingerprint density at radius 2 is 2.00 bits per heavy atom. The lowest BCUT2D eigenvalue weighted by Crippen LogP contribution is -2.16. The maximum Gasteiger partial charge on any atom is 0.178 e. The quantitative estimate of drug-likeness (QED) is 0.583. The van der Waals surface area contributed by atoms with Crippen LogP contribution in [0.2, 0.25) is 19.6 Å². The minimum Gasteiger partial charge on any atom is -0.350 e. The minimum atomic E-state index is -1.43. The summed E-state index contributed by atoms with van der Waals surface area (Å²) in [7, 11) is 0.453. The van der Waals surface area contributed by atoms with Gasteiger partial charge in [0.25, 0.3) is 0 Å². The first-order valence-electron chi connectivity index (χ1n) is 7.04. The molecule has 0 aliphatic rings. The van der Waals surface area contributed by atoms with E-state index in [1.807, 2.05) is 19.3 Å². The molecule has 112 valence electrons. The van der Waals surface area contributed by atoms with Crippen molar-refractivity contribution in [1.82, 2.24) is 24.4 Å². The summed E-state index contributed by atoms with van der Waals surface area (Å²) in [5.74, 6) is 3.21. The fourth-order valence-electron chi connectivity index (χ4n) is 1.97. The second kappa shape index (κ2) is 5.31. The van der Waals surface area contributed by atoms with Gasteiger partial charge >= 0.3 is 0 Å². The van der Waals surface area contributed by atoms with Crippen LogP contribution in [0.15, 0.2) is 30.9 Å². The van der Waals surface area contributed by atoms with E-state index >= 15 is 0 Å². The molecule has 0 bridgehead atoms. The van der Waals surface area contributed by atoms with E-state index in [0.29, 0.717) is 0 Å². The van der Waals surface area contributed by atoms with Crippen LogP contribution in [0, 0.1) is 11.5 Å². The molecule has 22 heavy (non-hydrogen) atoms. The van der Waals surface area contributed by atoms with Gasteiger partial charge in [0.1, 0.15) is 13.8 Å². The Bertz CT molecular complexity index is 875. The molecule has 0 aliphatic carbocycles. The highest BCUT2D eigenvalue weighted by Gasteiger charge is 2.10. The zero-order valence-electron chi connectivity index (χ0n) is 13.1. The van der Waals surface area contributed by atoms with Gasteiger partial charge in [-0.25, -0.2) is 9.50 Å². The van der Waals surface area contributed by atoms with E-state index in [-0.39, 0.29) is 0 Å². The summed E-state index contributed by atoms with van der Waals surface area (Å²) in [6, 6.07) is 1.89. The zero-order valence-corrected chi connectivity index (χ0v) is 14.1. The molecule has 0 fully saturated rings. The number of imidazole rings is 1. The summed E-state index contributed by atoms with van der Waals surface area (Å²) in [4.78, 5) is 4.45. The van der Waals surface area contributed by atoms with Crippen LogP contribution in [0.5, 0.6) is 0 Å². The summed E-state index contributed by atoms with van der Waals surface area (Å²) in [6.07, 6.45) is 7.19. The minimum absolute atomic E-state index is 0.756. The maximum absolute atomic E-state index is 4.45. The van der Waals surface area contributed by atoms with Crippen molar-refractivity contribution in [2.45, 2.75) is 19.6 Å². The monoisotopic (exact) mass is 310 g/mol. The molecule has 0 saturated heterocycles. The molecule has 3 aromatic heterocycles. The van der Waals surface area contributed by atoms with Crippen LogP contribution in [0.1, 0.15) is 5.69 Å². The van der Waals surface area contributed by atoms with E-state index in [2.05, 4.69) is 51.6 Å². The van der Waals surface area contributed by atoms with Crippen molar-refractivity contribution in [3.05, 3.63) is 36.5 Å². The van der Waals surface area contributed by atoms with Gasteiger partial charge in [-0.3, -0.25) is 4.68 Å². The van der Waals surface area contributed by atoms with E-state index in [1.54, 1.807) is 27.8 Å². The van der Waals surface area contributed by atoms with Gasteiger partial charge in [0.05, 0.1) is 30.0 Å². The second-order valence-corrected chi connectivity index (χ2v) is 10.9. The van der Waals surface area contributed by atoms with E-state index in [4.69, 9.17) is 0 Å². The lowest BCUT2D eigenvalue weighted by molar-refractivity contribution is 0.768. The number of aryl methyl sites for hydroxylation is 1. The molecular weight excluding hydrogens is 292 g/mol. The van der Waals surface area contributed by atoms with Crippen molar-refractivity contribution in [2.75, 3.05) is 5.32 Å². The third-order valence-electron chi connectivity index (χ3n) is 2.95. The number of aromatic nitrogens is 5. The number of hydrogen-bond donors (Lipinski definition) is 1. The molecule has 7 heteroatoms. The number of nitrogens with one attached hydrogen (secondary N) is 1. The van der Waals surface area contributed by atoms with Crippen LogP contribution in [0.3, 0.4) is 0 Å². The predicted molar refractivity (Wildman–Crippen MR) is 89.7 cm³/mol. The molecule has 0 amide bonds. The van der Waals surface area contributed by atoms with Crippen molar-refractivity contribution in [1.29, 1.82) is 0 Å². The van der Waals surface area contributed by atoms with Gasteiger partial charge in [0.2, 0.25) is 0 Å². The standard InChI is InChI=1S/C15H18N6Si/c1-20-11-12(9-18-20)19-14-5-7-17-21-13(10-16-15(14)21)6-8-22(2,3)4/h5,7,9-11,19H,1-4H3. The van der Waals surface area contributed by atoms with Crippen LogP contribution in [0.4, 0.5) is 11.4 Å². The largest absolute Gasteiger partial charge is 0.350 e. The fourth-order valence-corrected chi connectivity index (χ4v) is 2.47. The average Bonchev–Trinajstić information content (AvgIpc) is 3.03. The number of rotatable bonds is 2. The molecule has 3 heterocycles. The third kappa shape index (κ3) is 3.02. The predicted octanol–water partition coefficient (Wildman–Crippen LogP) is 2.44. The van der Waals surface area contributed by atoms with E-state index in [0.717, 1.165) is 22.7 Å². The first-order chi connectivity index (χ1) is 10.4. The zero-order chi connectivity index (χ0) is 15.7. The highest BCUT2D eigenvalue weighted by molar-refractivity contribution is 6.83. The van der Waals surface area contributed by atoms with Gasteiger partial charge in [-0.05, 0) is 6.07 Å². The maximum atomic E-state index is 4.45. The first-order valence-corrected chi connectivity index (χ1v) is 10.5. The van der Waals surface area contributed by atoms with Crippen LogP contribution in [0.25, 0.3) is 5.65 Å². The lowest BCUT2D eigenvalue weighted by Gasteiger charge is -2.05. The van der Waals surface area contributed by atoms with Crippen LogP contribution >= 0.6 is 0 Å². The van der Waals surface area contributed by atoms with Crippen molar-refractivity contribution in [3.63, 3.8) is 0 Å². The second-order valence-electron chi connectivity index (χ2n) is 6.15. The molecule has 3 rings (SSSR count). The SMILES string of the molecule is Cn1cc(Nc2ccnn3c(C#C[Si](C)(C)C)cnc23)cn1. The van der Waals surface area contributed by atoms with Crippen molar-refractivity contribution >= 4 is 25.1 Å². The highest BCUT2D eigenvalue weighted by Crippen LogP contribution is 2.20. The lowest BCUT2D eigenvalue weighted by atomic mass is 10.4. The van der Waals surface area contributed by atoms with Crippen LogP contribution < -0.4 is 5.32 Å². The first kappa shape index (κ1) is 14.3. The summed E-state index contributed by atoms with van der Waals surface area (Å²) in [5, 5.41) is 11.8. The molecule has 0 aromatic carbocycles. The molecule has 0 unspecified atom stereocenters. The molecule has 6 nitrogen and oxygen atoms in total. The Hall–Kier alpha value is -2.59. The molecular formula is C15H18N6Si. The molecule has 0 saturated carbocycles. The topological polar surface area (TPSA) is 60.0 Å². The number of nitrogens with zero attached hydrogens (tertiary/aromatic N) is 5. The van der Waals surface area contributed by atoms with Gasteiger partial charge in [-0.1, -0.05) is 25.6 Å². The van der Waals surface area contributed by atoms with Crippen LogP contribution in [-0.2, 0) is 7.05 Å². The third-order valence-corrected chi connectivity index (χ3v) is 3.83. The summed E-state index contributed by atoms with van der Waals surface area (Å²) >= 11 is 0. The van der Waals surface area contributed by atoms with Gasteiger partial charge in [-0.2, -0.15) is 10.2 Å². The molecule has 0 spiro atoms. The van der Waals surface area contributed by atoms with Crippen molar-refractivity contribution < 1.29 is 0 Å². The Morgan fingerprint density at radius 1 is 1.18 bits per heavy atom. The number of anilines is 2. The van der Waals surface area contributed by atoms with Gasteiger partial charge in [-0.15, -0.1) is 5.54 Å².